The van der Waals surface area contributed by atoms with Crippen molar-refractivity contribution in [3.05, 3.63) is 23.2 Å². The van der Waals surface area contributed by atoms with E-state index in [4.69, 9.17) is 17.3 Å². The topological polar surface area (TPSA) is 78.6 Å². The molecule has 1 aliphatic rings. The molecular weight excluding hydrogens is 278 g/mol. The predicted molar refractivity (Wildman–Crippen MR) is 80.8 cm³/mol. The summed E-state index contributed by atoms with van der Waals surface area (Å²) in [5.74, 6) is -0.0949. The second-order valence-electron chi connectivity index (χ2n) is 5.04. The normalized spacial score (nSPS) is 19.2. The minimum Gasteiger partial charge on any atom is -0.397 e. The zero-order valence-corrected chi connectivity index (χ0v) is 12.1. The smallest absolute Gasteiger partial charge is 0.225 e. The second kappa shape index (κ2) is 6.92. The number of nitrogens with two attached hydrogens (primary N) is 1. The summed E-state index contributed by atoms with van der Waals surface area (Å²) in [6.45, 7) is 1.75. The lowest BCUT2D eigenvalue weighted by atomic mass is 10.2. The van der Waals surface area contributed by atoms with Gasteiger partial charge < -0.3 is 16.2 Å². The lowest BCUT2D eigenvalue weighted by Crippen LogP contribution is -2.34. The first-order valence-corrected chi connectivity index (χ1v) is 7.17. The minimum atomic E-state index is -0.0949. The molecule has 1 aromatic rings. The Morgan fingerprint density at radius 1 is 1.55 bits per heavy atom. The van der Waals surface area contributed by atoms with Crippen molar-refractivity contribution in [2.75, 3.05) is 30.7 Å². The first kappa shape index (κ1) is 15.1. The van der Waals surface area contributed by atoms with Crippen molar-refractivity contribution < 1.29 is 9.90 Å². The number of carbonyl (C=O) groups is 1. The number of aliphatic hydroxyl groups excluding tert-OH is 1. The molecule has 1 unspecified atom stereocenters. The monoisotopic (exact) mass is 297 g/mol. The highest BCUT2D eigenvalue weighted by atomic mass is 35.5. The Balaban J connectivity index is 1.85. The molecule has 1 amide bonds. The number of nitrogens with zero attached hydrogens (tertiary/aromatic N) is 1. The molecule has 1 atom stereocenters. The zero-order valence-electron chi connectivity index (χ0n) is 11.3. The Labute approximate surface area is 123 Å². The van der Waals surface area contributed by atoms with E-state index in [0.29, 0.717) is 29.4 Å². The van der Waals surface area contributed by atoms with Crippen LogP contribution in [0.15, 0.2) is 18.2 Å². The Morgan fingerprint density at radius 2 is 2.35 bits per heavy atom. The highest BCUT2D eigenvalue weighted by Crippen LogP contribution is 2.23. The van der Waals surface area contributed by atoms with Gasteiger partial charge in [0.2, 0.25) is 5.91 Å². The number of aliphatic hydroxyl groups is 1. The second-order valence-corrected chi connectivity index (χ2v) is 5.48. The maximum atomic E-state index is 11.9. The quantitative estimate of drug-likeness (QED) is 0.723. The fourth-order valence-electron chi connectivity index (χ4n) is 2.49. The lowest BCUT2D eigenvalue weighted by Gasteiger charge is -2.22. The van der Waals surface area contributed by atoms with Gasteiger partial charge in [0.15, 0.2) is 0 Å². The molecule has 1 aromatic carbocycles. The van der Waals surface area contributed by atoms with Gasteiger partial charge in [0.25, 0.3) is 0 Å². The van der Waals surface area contributed by atoms with Gasteiger partial charge in [-0.3, -0.25) is 9.69 Å². The standard InChI is InChI=1S/C14H20ClN3O2/c15-10-3-4-12(16)13(8-10)17-14(20)5-7-18-6-1-2-11(18)9-19/h3-4,8,11,19H,1-2,5-7,9,16H2,(H,17,20). The van der Waals surface area contributed by atoms with Crippen LogP contribution in [0.4, 0.5) is 11.4 Å². The third-order valence-electron chi connectivity index (χ3n) is 3.63. The van der Waals surface area contributed by atoms with E-state index in [2.05, 4.69) is 10.2 Å². The minimum absolute atomic E-state index is 0.0949. The van der Waals surface area contributed by atoms with Gasteiger partial charge in [0.1, 0.15) is 0 Å². The number of halogens is 1. The van der Waals surface area contributed by atoms with Crippen molar-refractivity contribution in [1.29, 1.82) is 0 Å². The van der Waals surface area contributed by atoms with Crippen LogP contribution < -0.4 is 11.1 Å². The third kappa shape index (κ3) is 3.85. The first-order chi connectivity index (χ1) is 9.60. The van der Waals surface area contributed by atoms with Gasteiger partial charge in [0.05, 0.1) is 18.0 Å². The van der Waals surface area contributed by atoms with Crippen molar-refractivity contribution in [1.82, 2.24) is 4.90 Å². The number of benzene rings is 1. The van der Waals surface area contributed by atoms with Crippen LogP contribution in [0.1, 0.15) is 19.3 Å². The van der Waals surface area contributed by atoms with Crippen molar-refractivity contribution in [2.45, 2.75) is 25.3 Å². The van der Waals surface area contributed by atoms with Crippen LogP contribution >= 0.6 is 11.6 Å². The summed E-state index contributed by atoms with van der Waals surface area (Å²) in [5.41, 5.74) is 6.82. The fraction of sp³-hybridized carbons (Fsp3) is 0.500. The molecule has 4 N–H and O–H groups in total. The van der Waals surface area contributed by atoms with Crippen LogP contribution in [-0.4, -0.2) is 41.7 Å². The van der Waals surface area contributed by atoms with E-state index in [0.717, 1.165) is 19.4 Å². The third-order valence-corrected chi connectivity index (χ3v) is 3.86. The van der Waals surface area contributed by atoms with Crippen LogP contribution in [0, 0.1) is 0 Å². The van der Waals surface area contributed by atoms with E-state index in [1.54, 1.807) is 18.2 Å². The molecular formula is C14H20ClN3O2. The van der Waals surface area contributed by atoms with Gasteiger partial charge in [-0.25, -0.2) is 0 Å². The molecule has 0 spiro atoms. The number of likely N-dealkylation sites (tertiary alicyclic amines) is 1. The Kier molecular flexibility index (Phi) is 5.23. The summed E-state index contributed by atoms with van der Waals surface area (Å²) in [6.07, 6.45) is 2.45. The number of rotatable bonds is 5. The fourth-order valence-corrected chi connectivity index (χ4v) is 2.66. The summed E-state index contributed by atoms with van der Waals surface area (Å²) in [4.78, 5) is 14.1. The number of hydrogen-bond donors (Lipinski definition) is 3. The number of nitrogens with one attached hydrogen (secondary N) is 1. The number of anilines is 2. The highest BCUT2D eigenvalue weighted by Gasteiger charge is 2.23. The predicted octanol–water partition coefficient (Wildman–Crippen LogP) is 1.71. The van der Waals surface area contributed by atoms with Crippen LogP contribution in [-0.2, 0) is 4.79 Å². The summed E-state index contributed by atoms with van der Waals surface area (Å²) in [7, 11) is 0. The van der Waals surface area contributed by atoms with Crippen molar-refractivity contribution in [2.24, 2.45) is 0 Å². The van der Waals surface area contributed by atoms with E-state index in [-0.39, 0.29) is 18.6 Å². The van der Waals surface area contributed by atoms with E-state index in [1.165, 1.54) is 0 Å². The molecule has 0 bridgehead atoms. The van der Waals surface area contributed by atoms with Crippen molar-refractivity contribution in [3.8, 4) is 0 Å². The average molecular weight is 298 g/mol. The van der Waals surface area contributed by atoms with Gasteiger partial charge >= 0.3 is 0 Å². The Hall–Kier alpha value is -1.30. The number of carbonyl (C=O) groups excluding carboxylic acids is 1. The molecule has 110 valence electrons. The maximum Gasteiger partial charge on any atom is 0.225 e. The molecule has 5 nitrogen and oxygen atoms in total. The molecule has 20 heavy (non-hydrogen) atoms. The van der Waals surface area contributed by atoms with Crippen LogP contribution in [0.3, 0.4) is 0 Å². The SMILES string of the molecule is Nc1ccc(Cl)cc1NC(=O)CCN1CCCC1CO. The lowest BCUT2D eigenvalue weighted by molar-refractivity contribution is -0.116. The zero-order chi connectivity index (χ0) is 14.5. The van der Waals surface area contributed by atoms with E-state index in [9.17, 15) is 9.90 Å². The van der Waals surface area contributed by atoms with Crippen LogP contribution in [0.2, 0.25) is 5.02 Å². The van der Waals surface area contributed by atoms with Crippen molar-refractivity contribution in [3.63, 3.8) is 0 Å². The molecule has 1 aliphatic heterocycles. The molecule has 1 saturated heterocycles. The Morgan fingerprint density at radius 3 is 3.10 bits per heavy atom. The van der Waals surface area contributed by atoms with Gasteiger partial charge in [-0.05, 0) is 37.6 Å². The molecule has 0 saturated carbocycles. The largest absolute Gasteiger partial charge is 0.397 e. The summed E-state index contributed by atoms with van der Waals surface area (Å²) < 4.78 is 0. The summed E-state index contributed by atoms with van der Waals surface area (Å²) in [5, 5.41) is 12.5. The molecule has 0 aromatic heterocycles. The van der Waals surface area contributed by atoms with Gasteiger partial charge in [0, 0.05) is 24.0 Å². The Bertz CT molecular complexity index is 481. The number of nitrogen functional groups attached to an aromatic ring is 1. The molecule has 0 aliphatic carbocycles. The van der Waals surface area contributed by atoms with Gasteiger partial charge in [-0.15, -0.1) is 0 Å². The summed E-state index contributed by atoms with van der Waals surface area (Å²) in [6, 6.07) is 5.18. The molecule has 2 rings (SSSR count). The molecule has 6 heteroatoms. The van der Waals surface area contributed by atoms with Gasteiger partial charge in [-0.1, -0.05) is 11.6 Å². The maximum absolute atomic E-state index is 11.9. The van der Waals surface area contributed by atoms with Crippen molar-refractivity contribution >= 4 is 28.9 Å². The van der Waals surface area contributed by atoms with Gasteiger partial charge in [-0.2, -0.15) is 0 Å². The van der Waals surface area contributed by atoms with E-state index >= 15 is 0 Å². The highest BCUT2D eigenvalue weighted by molar-refractivity contribution is 6.31. The first-order valence-electron chi connectivity index (χ1n) is 6.80. The van der Waals surface area contributed by atoms with Crippen LogP contribution in [0.5, 0.6) is 0 Å². The average Bonchev–Trinajstić information content (AvgIpc) is 2.88. The molecule has 1 heterocycles. The molecule has 0 radical (unpaired) electrons. The summed E-state index contributed by atoms with van der Waals surface area (Å²) >= 11 is 5.88. The van der Waals surface area contributed by atoms with Crippen LogP contribution in [0.25, 0.3) is 0 Å². The number of hydrogen-bond acceptors (Lipinski definition) is 4. The van der Waals surface area contributed by atoms with E-state index < -0.39 is 0 Å². The van der Waals surface area contributed by atoms with E-state index in [1.807, 2.05) is 0 Å². The number of amides is 1. The molecule has 1 fully saturated rings.